The van der Waals surface area contributed by atoms with Crippen molar-refractivity contribution in [2.45, 2.75) is 19.8 Å². The SMILES string of the molecule is C=C1CN(CCCc2ccc(Oc3ccccc3)cc2)C(=O)/C1=C(O)/C=C(\C)c1ccncc1. The van der Waals surface area contributed by atoms with Crippen LogP contribution in [0.2, 0.25) is 0 Å². The molecule has 0 aliphatic carbocycles. The summed E-state index contributed by atoms with van der Waals surface area (Å²) in [6, 6.07) is 21.4. The van der Waals surface area contributed by atoms with E-state index < -0.39 is 0 Å². The summed E-state index contributed by atoms with van der Waals surface area (Å²) in [6.45, 7) is 6.94. The molecule has 1 aliphatic heterocycles. The lowest BCUT2D eigenvalue weighted by Crippen LogP contribution is -2.26. The number of rotatable bonds is 8. The number of para-hydroxylation sites is 1. The van der Waals surface area contributed by atoms with E-state index in [1.165, 1.54) is 5.56 Å². The number of aryl methyl sites for hydroxylation is 1. The summed E-state index contributed by atoms with van der Waals surface area (Å²) in [5.74, 6) is 1.39. The number of likely N-dealkylation sites (tertiary alicyclic amines) is 1. The number of aromatic nitrogens is 1. The Morgan fingerprint density at radius 2 is 1.74 bits per heavy atom. The maximum absolute atomic E-state index is 12.9. The first-order chi connectivity index (χ1) is 16.5. The first-order valence-corrected chi connectivity index (χ1v) is 11.3. The van der Waals surface area contributed by atoms with E-state index in [0.29, 0.717) is 24.2 Å². The van der Waals surface area contributed by atoms with Crippen molar-refractivity contribution < 1.29 is 14.6 Å². The molecule has 1 aromatic heterocycles. The third-order valence-corrected chi connectivity index (χ3v) is 5.78. The van der Waals surface area contributed by atoms with Gasteiger partial charge < -0.3 is 14.7 Å². The Balaban J connectivity index is 1.33. The second-order valence-electron chi connectivity index (χ2n) is 8.32. The van der Waals surface area contributed by atoms with Crippen molar-refractivity contribution >= 4 is 11.5 Å². The van der Waals surface area contributed by atoms with Crippen molar-refractivity contribution in [1.29, 1.82) is 0 Å². The van der Waals surface area contributed by atoms with Crippen LogP contribution in [0.5, 0.6) is 11.5 Å². The summed E-state index contributed by atoms with van der Waals surface area (Å²) in [5, 5.41) is 10.6. The van der Waals surface area contributed by atoms with Gasteiger partial charge in [0.25, 0.3) is 5.91 Å². The summed E-state index contributed by atoms with van der Waals surface area (Å²) in [4.78, 5) is 18.7. The number of hydrogen-bond acceptors (Lipinski definition) is 4. The van der Waals surface area contributed by atoms with Gasteiger partial charge in [0.2, 0.25) is 0 Å². The predicted octanol–water partition coefficient (Wildman–Crippen LogP) is 6.12. The fourth-order valence-corrected chi connectivity index (χ4v) is 3.96. The van der Waals surface area contributed by atoms with E-state index >= 15 is 0 Å². The van der Waals surface area contributed by atoms with Gasteiger partial charge in [0.05, 0.1) is 5.57 Å². The van der Waals surface area contributed by atoms with Gasteiger partial charge in [-0.05, 0) is 84.5 Å². The highest BCUT2D eigenvalue weighted by atomic mass is 16.5. The summed E-state index contributed by atoms with van der Waals surface area (Å²) < 4.78 is 5.84. The average Bonchev–Trinajstić information content (AvgIpc) is 3.14. The van der Waals surface area contributed by atoms with E-state index in [-0.39, 0.29) is 11.7 Å². The number of nitrogens with zero attached hydrogens (tertiary/aromatic N) is 2. The lowest BCUT2D eigenvalue weighted by molar-refractivity contribution is -0.124. The Labute approximate surface area is 200 Å². The zero-order valence-corrected chi connectivity index (χ0v) is 19.3. The molecule has 0 bridgehead atoms. The van der Waals surface area contributed by atoms with Crippen molar-refractivity contribution in [2.24, 2.45) is 0 Å². The van der Waals surface area contributed by atoms with E-state index in [2.05, 4.69) is 11.6 Å². The summed E-state index contributed by atoms with van der Waals surface area (Å²) in [5.41, 5.74) is 3.92. The first kappa shape index (κ1) is 23.1. The molecule has 0 radical (unpaired) electrons. The van der Waals surface area contributed by atoms with Crippen LogP contribution in [0, 0.1) is 0 Å². The van der Waals surface area contributed by atoms with E-state index in [9.17, 15) is 9.90 Å². The molecule has 4 rings (SSSR count). The quantitative estimate of drug-likeness (QED) is 0.330. The van der Waals surface area contributed by atoms with E-state index in [4.69, 9.17) is 4.74 Å². The normalized spacial score (nSPS) is 15.6. The number of benzene rings is 2. The summed E-state index contributed by atoms with van der Waals surface area (Å²) >= 11 is 0. The third kappa shape index (κ3) is 5.62. The number of aliphatic hydroxyl groups is 1. The van der Waals surface area contributed by atoms with Gasteiger partial charge in [-0.15, -0.1) is 0 Å². The van der Waals surface area contributed by atoms with Crippen LogP contribution in [0.3, 0.4) is 0 Å². The number of amides is 1. The molecule has 172 valence electrons. The maximum atomic E-state index is 12.9. The van der Waals surface area contributed by atoms with Crippen LogP contribution < -0.4 is 4.74 Å². The standard InChI is InChI=1S/C29H28N2O3/c1-21(24-14-16-30-17-15-24)19-27(32)28-22(2)20-31(29(28)33)18-6-7-23-10-12-26(13-11-23)34-25-8-4-3-5-9-25/h3-5,8-17,19,32H,2,6-7,18,20H2,1H3/b21-19+,28-27-. The molecule has 0 unspecified atom stereocenters. The minimum atomic E-state index is -0.173. The number of carbonyl (C=O) groups is 1. The zero-order valence-electron chi connectivity index (χ0n) is 19.3. The molecule has 2 aromatic carbocycles. The molecule has 0 atom stereocenters. The van der Waals surface area contributed by atoms with Gasteiger partial charge in [0.15, 0.2) is 0 Å². The van der Waals surface area contributed by atoms with Crippen molar-refractivity contribution in [3.05, 3.63) is 120 Å². The summed E-state index contributed by atoms with van der Waals surface area (Å²) in [6.07, 6.45) is 6.67. The van der Waals surface area contributed by atoms with Gasteiger partial charge in [-0.3, -0.25) is 9.78 Å². The Morgan fingerprint density at radius 1 is 1.06 bits per heavy atom. The zero-order chi connectivity index (χ0) is 23.9. The molecule has 1 saturated heterocycles. The highest BCUT2D eigenvalue weighted by molar-refractivity contribution is 6.02. The van der Waals surface area contributed by atoms with Crippen LogP contribution >= 0.6 is 0 Å². The molecule has 0 saturated carbocycles. The van der Waals surface area contributed by atoms with Gasteiger partial charge in [0.1, 0.15) is 17.3 Å². The van der Waals surface area contributed by atoms with Crippen molar-refractivity contribution in [3.63, 3.8) is 0 Å². The summed E-state index contributed by atoms with van der Waals surface area (Å²) in [7, 11) is 0. The second kappa shape index (κ2) is 10.7. The molecular weight excluding hydrogens is 424 g/mol. The smallest absolute Gasteiger partial charge is 0.258 e. The van der Waals surface area contributed by atoms with Gasteiger partial charge in [0, 0.05) is 25.5 Å². The third-order valence-electron chi connectivity index (χ3n) is 5.78. The van der Waals surface area contributed by atoms with E-state index in [0.717, 1.165) is 35.5 Å². The van der Waals surface area contributed by atoms with Crippen LogP contribution in [0.15, 0.2) is 109 Å². The fraction of sp³-hybridized carbons (Fsp3) is 0.172. The highest BCUT2D eigenvalue weighted by Crippen LogP contribution is 2.27. The van der Waals surface area contributed by atoms with Crippen molar-refractivity contribution in [3.8, 4) is 11.5 Å². The van der Waals surface area contributed by atoms with Crippen LogP contribution in [-0.2, 0) is 11.2 Å². The number of carbonyl (C=O) groups excluding carboxylic acids is 1. The number of ether oxygens (including phenoxy) is 1. The molecule has 1 aliphatic rings. The molecular formula is C29H28N2O3. The van der Waals surface area contributed by atoms with Crippen molar-refractivity contribution in [2.75, 3.05) is 13.1 Å². The molecule has 1 amide bonds. The lowest BCUT2D eigenvalue weighted by Gasteiger charge is -2.15. The predicted molar refractivity (Wildman–Crippen MR) is 135 cm³/mol. The molecule has 3 aromatic rings. The number of allylic oxidation sites excluding steroid dienone is 2. The number of hydrogen-bond donors (Lipinski definition) is 1. The van der Waals surface area contributed by atoms with Gasteiger partial charge in [-0.2, -0.15) is 0 Å². The molecule has 1 fully saturated rings. The van der Waals surface area contributed by atoms with Gasteiger partial charge >= 0.3 is 0 Å². The van der Waals surface area contributed by atoms with Crippen LogP contribution in [-0.4, -0.2) is 34.0 Å². The van der Waals surface area contributed by atoms with Crippen LogP contribution in [0.25, 0.3) is 5.57 Å². The average molecular weight is 453 g/mol. The van der Waals surface area contributed by atoms with Crippen LogP contribution in [0.4, 0.5) is 0 Å². The molecule has 0 spiro atoms. The Morgan fingerprint density at radius 3 is 2.44 bits per heavy atom. The lowest BCUT2D eigenvalue weighted by atomic mass is 10.0. The number of aliphatic hydroxyl groups excluding tert-OH is 1. The van der Waals surface area contributed by atoms with E-state index in [1.54, 1.807) is 23.4 Å². The molecule has 34 heavy (non-hydrogen) atoms. The van der Waals surface area contributed by atoms with Crippen molar-refractivity contribution in [1.82, 2.24) is 9.88 Å². The topological polar surface area (TPSA) is 62.7 Å². The molecule has 5 nitrogen and oxygen atoms in total. The fourth-order valence-electron chi connectivity index (χ4n) is 3.96. The largest absolute Gasteiger partial charge is 0.507 e. The Bertz CT molecular complexity index is 1210. The van der Waals surface area contributed by atoms with Gasteiger partial charge in [-0.25, -0.2) is 0 Å². The molecule has 2 heterocycles. The molecule has 1 N–H and O–H groups in total. The van der Waals surface area contributed by atoms with Crippen LogP contribution in [0.1, 0.15) is 24.5 Å². The highest BCUT2D eigenvalue weighted by Gasteiger charge is 2.31. The second-order valence-corrected chi connectivity index (χ2v) is 8.32. The maximum Gasteiger partial charge on any atom is 0.258 e. The monoisotopic (exact) mass is 452 g/mol. The molecule has 5 heteroatoms. The first-order valence-electron chi connectivity index (χ1n) is 11.3. The minimum absolute atomic E-state index is 0.0409. The minimum Gasteiger partial charge on any atom is -0.507 e. The Kier molecular flexibility index (Phi) is 7.23. The Hall–Kier alpha value is -4.12. The van der Waals surface area contributed by atoms with E-state index in [1.807, 2.05) is 73.7 Å². The number of pyridine rings is 1. The van der Waals surface area contributed by atoms with Gasteiger partial charge in [-0.1, -0.05) is 36.9 Å².